The second-order valence-electron chi connectivity index (χ2n) is 2.99. The number of nitrogens with zero attached hydrogens (tertiary/aromatic N) is 2. The van der Waals surface area contributed by atoms with E-state index in [0.29, 0.717) is 0 Å². The Morgan fingerprint density at radius 1 is 1.67 bits per heavy atom. The lowest BCUT2D eigenvalue weighted by Gasteiger charge is -2.05. The van der Waals surface area contributed by atoms with E-state index in [-0.39, 0.29) is 5.63 Å². The Labute approximate surface area is 70.5 Å². The molecule has 5 heteroatoms. The van der Waals surface area contributed by atoms with E-state index in [1.54, 1.807) is 4.68 Å². The maximum absolute atomic E-state index is 10.6. The van der Waals surface area contributed by atoms with Gasteiger partial charge < -0.3 is 4.90 Å². The Bertz CT molecular complexity index is 276. The molecule has 68 valence electrons. The molecule has 0 radical (unpaired) electrons. The van der Waals surface area contributed by atoms with Crippen LogP contribution in [0.2, 0.25) is 0 Å². The predicted octanol–water partition coefficient (Wildman–Crippen LogP) is -0.793. The molecule has 1 heterocycles. The fourth-order valence-electron chi connectivity index (χ4n) is 0.951. The van der Waals surface area contributed by atoms with E-state index < -0.39 is 0 Å². The third-order valence-electron chi connectivity index (χ3n) is 1.53. The highest BCUT2D eigenvalue weighted by Gasteiger charge is 2.04. The molecule has 0 aromatic carbocycles. The molecular weight excluding hydrogens is 158 g/mol. The Kier molecular flexibility index (Phi) is 3.04. The van der Waals surface area contributed by atoms with Crippen LogP contribution in [0.1, 0.15) is 6.42 Å². The smallest absolute Gasteiger partial charge is 0.309 e. The summed E-state index contributed by atoms with van der Waals surface area (Å²) < 4.78 is 6.14. The van der Waals surface area contributed by atoms with Gasteiger partial charge in [0, 0.05) is 13.0 Å². The number of rotatable bonds is 4. The molecule has 1 rings (SSSR count). The van der Waals surface area contributed by atoms with Gasteiger partial charge in [-0.2, -0.15) is 0 Å². The van der Waals surface area contributed by atoms with Gasteiger partial charge in [-0.05, 0) is 19.4 Å². The zero-order valence-electron chi connectivity index (χ0n) is 7.41. The standard InChI is InChI=1S/C7H13N3O2/c1-9(2)4-3-5-10-6-7(11)12-8-10/h6H,3-5H2,1-2H3/p+1. The van der Waals surface area contributed by atoms with Crippen molar-refractivity contribution in [2.24, 2.45) is 0 Å². The summed E-state index contributed by atoms with van der Waals surface area (Å²) in [5.74, 6) is 0. The van der Waals surface area contributed by atoms with E-state index in [0.717, 1.165) is 19.5 Å². The first-order valence-corrected chi connectivity index (χ1v) is 3.91. The van der Waals surface area contributed by atoms with Crippen molar-refractivity contribution in [1.82, 2.24) is 10.2 Å². The lowest BCUT2D eigenvalue weighted by molar-refractivity contribution is -0.762. The third-order valence-corrected chi connectivity index (χ3v) is 1.53. The van der Waals surface area contributed by atoms with E-state index in [2.05, 4.69) is 14.7 Å². The van der Waals surface area contributed by atoms with Crippen molar-refractivity contribution in [3.8, 4) is 0 Å². The maximum atomic E-state index is 10.6. The van der Waals surface area contributed by atoms with Crippen molar-refractivity contribution in [2.45, 2.75) is 13.0 Å². The van der Waals surface area contributed by atoms with Gasteiger partial charge in [0.1, 0.15) is 0 Å². The number of aromatic nitrogens is 2. The topological polar surface area (TPSA) is 53.1 Å². The van der Waals surface area contributed by atoms with E-state index in [4.69, 9.17) is 0 Å². The molecule has 1 aromatic heterocycles. The summed E-state index contributed by atoms with van der Waals surface area (Å²) in [6.07, 6.45) is 2.41. The average molecular weight is 172 g/mol. The largest absolute Gasteiger partial charge is 0.426 e. The molecule has 1 N–H and O–H groups in total. The Morgan fingerprint density at radius 3 is 2.92 bits per heavy atom. The molecule has 0 saturated carbocycles. The maximum Gasteiger partial charge on any atom is 0.426 e. The minimum Gasteiger partial charge on any atom is -0.309 e. The molecule has 0 fully saturated rings. The molecule has 0 aliphatic heterocycles. The van der Waals surface area contributed by atoms with Gasteiger partial charge in [0.05, 0.1) is 0 Å². The van der Waals surface area contributed by atoms with Gasteiger partial charge in [-0.25, -0.2) is 4.79 Å². The minimum absolute atomic E-state index is 0.333. The van der Waals surface area contributed by atoms with Gasteiger partial charge in [-0.3, -0.25) is 4.52 Å². The Balaban J connectivity index is 2.29. The fraction of sp³-hybridized carbons (Fsp3) is 0.714. The summed E-state index contributed by atoms with van der Waals surface area (Å²) in [6.45, 7) is 1.78. The van der Waals surface area contributed by atoms with Crippen molar-refractivity contribution < 1.29 is 9.20 Å². The van der Waals surface area contributed by atoms with Gasteiger partial charge in [0.2, 0.25) is 0 Å². The molecule has 0 aliphatic rings. The van der Waals surface area contributed by atoms with Crippen LogP contribution in [0.4, 0.5) is 0 Å². The fourth-order valence-corrected chi connectivity index (χ4v) is 0.951. The highest BCUT2D eigenvalue weighted by molar-refractivity contribution is 4.49. The third kappa shape index (κ3) is 2.87. The van der Waals surface area contributed by atoms with Crippen LogP contribution >= 0.6 is 0 Å². The molecule has 0 saturated heterocycles. The van der Waals surface area contributed by atoms with Crippen LogP contribution in [-0.2, 0) is 6.54 Å². The summed E-state index contributed by atoms with van der Waals surface area (Å²) in [6, 6.07) is 0. The molecule has 5 nitrogen and oxygen atoms in total. The second-order valence-corrected chi connectivity index (χ2v) is 2.99. The van der Waals surface area contributed by atoms with Crippen LogP contribution in [0, 0.1) is 0 Å². The first-order valence-electron chi connectivity index (χ1n) is 3.91. The molecule has 12 heavy (non-hydrogen) atoms. The molecule has 0 spiro atoms. The molecule has 0 atom stereocenters. The molecule has 0 amide bonds. The number of hydrogen-bond acceptors (Lipinski definition) is 3. The monoisotopic (exact) mass is 172 g/mol. The van der Waals surface area contributed by atoms with Crippen molar-refractivity contribution in [3.63, 3.8) is 0 Å². The van der Waals surface area contributed by atoms with Crippen LogP contribution in [0.5, 0.6) is 0 Å². The van der Waals surface area contributed by atoms with Crippen LogP contribution < -0.4 is 10.3 Å². The molecule has 1 aromatic rings. The van der Waals surface area contributed by atoms with Gasteiger partial charge in [0.25, 0.3) is 6.20 Å². The molecular formula is C7H14N3O2+. The molecule has 0 aliphatic carbocycles. The first-order chi connectivity index (χ1) is 5.68. The van der Waals surface area contributed by atoms with Gasteiger partial charge in [-0.1, -0.05) is 4.68 Å². The lowest BCUT2D eigenvalue weighted by atomic mass is 10.4. The SMILES string of the molecule is CN(C)CCC[n+]1cc(=O)o[nH]1. The molecule has 0 unspecified atom stereocenters. The van der Waals surface area contributed by atoms with Crippen LogP contribution in [0.3, 0.4) is 0 Å². The highest BCUT2D eigenvalue weighted by Crippen LogP contribution is 1.81. The summed E-state index contributed by atoms with van der Waals surface area (Å²) in [4.78, 5) is 12.7. The van der Waals surface area contributed by atoms with E-state index in [1.165, 1.54) is 6.20 Å². The number of hydrogen-bond donors (Lipinski definition) is 1. The summed E-state index contributed by atoms with van der Waals surface area (Å²) in [5.41, 5.74) is -0.333. The lowest BCUT2D eigenvalue weighted by Crippen LogP contribution is -2.36. The number of H-pyrrole nitrogens is 1. The Morgan fingerprint density at radius 2 is 2.42 bits per heavy atom. The Hall–Kier alpha value is -1.10. The summed E-state index contributed by atoms with van der Waals surface area (Å²) in [7, 11) is 4.03. The minimum atomic E-state index is -0.333. The molecule has 0 bridgehead atoms. The van der Waals surface area contributed by atoms with E-state index >= 15 is 0 Å². The van der Waals surface area contributed by atoms with Crippen LogP contribution in [0.15, 0.2) is 15.5 Å². The number of aryl methyl sites for hydroxylation is 1. The quantitative estimate of drug-likeness (QED) is 0.605. The number of aromatic amines is 1. The normalized spacial score (nSPS) is 10.9. The average Bonchev–Trinajstić information content (AvgIpc) is 2.35. The predicted molar refractivity (Wildman–Crippen MR) is 42.7 cm³/mol. The van der Waals surface area contributed by atoms with E-state index in [1.807, 2.05) is 14.1 Å². The first kappa shape index (κ1) is 8.99. The second kappa shape index (κ2) is 4.06. The van der Waals surface area contributed by atoms with Crippen molar-refractivity contribution in [3.05, 3.63) is 16.6 Å². The van der Waals surface area contributed by atoms with Gasteiger partial charge >= 0.3 is 5.63 Å². The highest BCUT2D eigenvalue weighted by atomic mass is 16.5. The zero-order valence-corrected chi connectivity index (χ0v) is 7.41. The van der Waals surface area contributed by atoms with Gasteiger partial charge in [0.15, 0.2) is 6.54 Å². The van der Waals surface area contributed by atoms with E-state index in [9.17, 15) is 4.79 Å². The van der Waals surface area contributed by atoms with Crippen molar-refractivity contribution in [2.75, 3.05) is 20.6 Å². The summed E-state index contributed by atoms with van der Waals surface area (Å²) in [5, 5.41) is 2.49. The summed E-state index contributed by atoms with van der Waals surface area (Å²) >= 11 is 0. The van der Waals surface area contributed by atoms with Crippen molar-refractivity contribution >= 4 is 0 Å². The van der Waals surface area contributed by atoms with Crippen LogP contribution in [-0.4, -0.2) is 30.8 Å². The van der Waals surface area contributed by atoms with Crippen LogP contribution in [0.25, 0.3) is 0 Å². The number of nitrogens with one attached hydrogen (secondary N) is 1. The zero-order chi connectivity index (χ0) is 8.97. The van der Waals surface area contributed by atoms with Gasteiger partial charge in [-0.15, -0.1) is 0 Å². The van der Waals surface area contributed by atoms with Crippen molar-refractivity contribution in [1.29, 1.82) is 0 Å².